The molecule has 3 aromatic heterocycles. The first-order valence-corrected chi connectivity index (χ1v) is 9.89. The third kappa shape index (κ3) is 4.26. The molecule has 1 aliphatic rings. The van der Waals surface area contributed by atoms with Crippen molar-refractivity contribution in [1.29, 1.82) is 0 Å². The lowest BCUT2D eigenvalue weighted by Gasteiger charge is -2.17. The van der Waals surface area contributed by atoms with Crippen LogP contribution in [0.4, 0.5) is 11.8 Å². The van der Waals surface area contributed by atoms with Crippen molar-refractivity contribution in [2.45, 2.75) is 33.1 Å². The molecule has 8 nitrogen and oxygen atoms in total. The van der Waals surface area contributed by atoms with E-state index in [0.717, 1.165) is 53.7 Å². The summed E-state index contributed by atoms with van der Waals surface area (Å²) in [6.45, 7) is 8.44. The van der Waals surface area contributed by atoms with Gasteiger partial charge in [0.05, 0.1) is 18.0 Å². The molecule has 0 fully saturated rings. The molecule has 0 bridgehead atoms. The Kier molecular flexibility index (Phi) is 5.50. The van der Waals surface area contributed by atoms with Gasteiger partial charge in [-0.25, -0.2) is 19.9 Å². The van der Waals surface area contributed by atoms with Gasteiger partial charge in [-0.3, -0.25) is 4.98 Å². The Bertz CT molecular complexity index is 991. The highest BCUT2D eigenvalue weighted by Crippen LogP contribution is 2.34. The molecule has 4 heterocycles. The van der Waals surface area contributed by atoms with Crippen molar-refractivity contribution < 1.29 is 4.74 Å². The molecule has 29 heavy (non-hydrogen) atoms. The van der Waals surface area contributed by atoms with Gasteiger partial charge in [0.15, 0.2) is 0 Å². The van der Waals surface area contributed by atoms with Crippen molar-refractivity contribution in [3.8, 4) is 17.0 Å². The molecule has 1 atom stereocenters. The Morgan fingerprint density at radius 3 is 2.72 bits per heavy atom. The standard InChI is InChI=1S/C21H25N7O/c1-4-22-21-24-10-15(11-25-21)18-8-19(27-12-26-18)23-9-13(2)16-7-14(3)28-17-5-6-29-20(16)17/h7-8,10-13H,4-6,9H2,1-3H3,(H,22,24,25)(H,23,26,27)/t13-/m1/s1. The van der Waals surface area contributed by atoms with Gasteiger partial charge in [-0.15, -0.1) is 0 Å². The second kappa shape index (κ2) is 8.38. The first-order chi connectivity index (χ1) is 14.1. The van der Waals surface area contributed by atoms with E-state index in [1.54, 1.807) is 18.7 Å². The molecule has 150 valence electrons. The van der Waals surface area contributed by atoms with E-state index < -0.39 is 0 Å². The lowest BCUT2D eigenvalue weighted by Crippen LogP contribution is -2.12. The second-order valence-corrected chi connectivity index (χ2v) is 7.12. The molecule has 2 N–H and O–H groups in total. The van der Waals surface area contributed by atoms with Crippen molar-refractivity contribution in [1.82, 2.24) is 24.9 Å². The quantitative estimate of drug-likeness (QED) is 0.634. The average molecular weight is 391 g/mol. The zero-order valence-electron chi connectivity index (χ0n) is 16.9. The van der Waals surface area contributed by atoms with Crippen LogP contribution in [0.2, 0.25) is 0 Å². The molecule has 0 saturated carbocycles. The van der Waals surface area contributed by atoms with Crippen LogP contribution < -0.4 is 15.4 Å². The molecule has 0 saturated heterocycles. The molecule has 3 aromatic rings. The summed E-state index contributed by atoms with van der Waals surface area (Å²) in [5, 5.41) is 6.50. The number of rotatable bonds is 7. The summed E-state index contributed by atoms with van der Waals surface area (Å²) in [5.74, 6) is 2.58. The Hall–Kier alpha value is -3.29. The van der Waals surface area contributed by atoms with E-state index in [1.807, 2.05) is 19.9 Å². The van der Waals surface area contributed by atoms with Gasteiger partial charge < -0.3 is 15.4 Å². The fourth-order valence-corrected chi connectivity index (χ4v) is 3.39. The van der Waals surface area contributed by atoms with Crippen molar-refractivity contribution in [3.63, 3.8) is 0 Å². The van der Waals surface area contributed by atoms with Gasteiger partial charge in [0.25, 0.3) is 0 Å². The van der Waals surface area contributed by atoms with Crippen LogP contribution in [0.15, 0.2) is 30.9 Å². The molecular formula is C21H25N7O. The molecule has 0 unspecified atom stereocenters. The molecule has 4 rings (SSSR count). The number of hydrogen-bond acceptors (Lipinski definition) is 8. The summed E-state index contributed by atoms with van der Waals surface area (Å²) < 4.78 is 5.83. The minimum absolute atomic E-state index is 0.254. The zero-order valence-corrected chi connectivity index (χ0v) is 16.9. The Labute approximate surface area is 170 Å². The first kappa shape index (κ1) is 19.0. The minimum atomic E-state index is 0.254. The predicted molar refractivity (Wildman–Crippen MR) is 112 cm³/mol. The van der Waals surface area contributed by atoms with Crippen LogP contribution in [0.1, 0.15) is 36.7 Å². The number of nitrogens with one attached hydrogen (secondary N) is 2. The molecule has 0 aromatic carbocycles. The predicted octanol–water partition coefficient (Wildman–Crippen LogP) is 3.22. The SMILES string of the molecule is CCNc1ncc(-c2cc(NC[C@@H](C)c3cc(C)nc4c3OCC4)ncn2)cn1. The molecule has 0 spiro atoms. The van der Waals surface area contributed by atoms with Gasteiger partial charge in [-0.05, 0) is 19.9 Å². The maximum Gasteiger partial charge on any atom is 0.222 e. The maximum absolute atomic E-state index is 5.83. The molecule has 0 aliphatic carbocycles. The topological polar surface area (TPSA) is 97.7 Å². The molecule has 0 amide bonds. The van der Waals surface area contributed by atoms with Gasteiger partial charge in [-0.1, -0.05) is 6.92 Å². The lowest BCUT2D eigenvalue weighted by atomic mass is 9.99. The van der Waals surface area contributed by atoms with Gasteiger partial charge in [0.2, 0.25) is 5.95 Å². The first-order valence-electron chi connectivity index (χ1n) is 9.89. The molecule has 8 heteroatoms. The summed E-state index contributed by atoms with van der Waals surface area (Å²) in [6, 6.07) is 4.03. The monoisotopic (exact) mass is 391 g/mol. The van der Waals surface area contributed by atoms with Crippen LogP contribution >= 0.6 is 0 Å². The van der Waals surface area contributed by atoms with Crippen LogP contribution in [0, 0.1) is 6.92 Å². The number of fused-ring (bicyclic) bond motifs is 1. The van der Waals surface area contributed by atoms with E-state index in [9.17, 15) is 0 Å². The molecular weight excluding hydrogens is 366 g/mol. The van der Waals surface area contributed by atoms with Gasteiger partial charge in [-0.2, -0.15) is 0 Å². The van der Waals surface area contributed by atoms with Gasteiger partial charge in [0.1, 0.15) is 17.9 Å². The van der Waals surface area contributed by atoms with Crippen LogP contribution in [0.3, 0.4) is 0 Å². The zero-order chi connectivity index (χ0) is 20.2. The third-order valence-electron chi connectivity index (χ3n) is 4.86. The number of ether oxygens (including phenoxy) is 1. The van der Waals surface area contributed by atoms with Crippen LogP contribution in [-0.4, -0.2) is 44.6 Å². The van der Waals surface area contributed by atoms with E-state index in [-0.39, 0.29) is 5.92 Å². The largest absolute Gasteiger partial charge is 0.491 e. The third-order valence-corrected chi connectivity index (χ3v) is 4.86. The van der Waals surface area contributed by atoms with E-state index in [4.69, 9.17) is 4.74 Å². The lowest BCUT2D eigenvalue weighted by molar-refractivity contribution is 0.352. The van der Waals surface area contributed by atoms with E-state index in [2.05, 4.69) is 48.5 Å². The summed E-state index contributed by atoms with van der Waals surface area (Å²) in [4.78, 5) is 21.9. The normalized spacial score (nSPS) is 13.5. The van der Waals surface area contributed by atoms with Gasteiger partial charge >= 0.3 is 0 Å². The summed E-state index contributed by atoms with van der Waals surface area (Å²) in [5.41, 5.74) is 4.92. The summed E-state index contributed by atoms with van der Waals surface area (Å²) in [6.07, 6.45) is 5.96. The summed E-state index contributed by atoms with van der Waals surface area (Å²) >= 11 is 0. The number of anilines is 2. The number of hydrogen-bond donors (Lipinski definition) is 2. The van der Waals surface area contributed by atoms with Crippen LogP contribution in [0.25, 0.3) is 11.3 Å². The maximum atomic E-state index is 5.83. The fraction of sp³-hybridized carbons (Fsp3) is 0.381. The summed E-state index contributed by atoms with van der Waals surface area (Å²) in [7, 11) is 0. The van der Waals surface area contributed by atoms with Crippen molar-refractivity contribution in [2.24, 2.45) is 0 Å². The van der Waals surface area contributed by atoms with Crippen LogP contribution in [0.5, 0.6) is 5.75 Å². The second-order valence-electron chi connectivity index (χ2n) is 7.12. The van der Waals surface area contributed by atoms with E-state index in [1.165, 1.54) is 5.56 Å². The Morgan fingerprint density at radius 2 is 1.93 bits per heavy atom. The van der Waals surface area contributed by atoms with E-state index in [0.29, 0.717) is 12.6 Å². The smallest absolute Gasteiger partial charge is 0.222 e. The highest BCUT2D eigenvalue weighted by Gasteiger charge is 2.22. The van der Waals surface area contributed by atoms with Gasteiger partial charge in [0, 0.05) is 60.7 Å². The van der Waals surface area contributed by atoms with Crippen molar-refractivity contribution in [3.05, 3.63) is 47.8 Å². The highest BCUT2D eigenvalue weighted by atomic mass is 16.5. The van der Waals surface area contributed by atoms with Crippen molar-refractivity contribution in [2.75, 3.05) is 30.3 Å². The minimum Gasteiger partial charge on any atom is -0.491 e. The highest BCUT2D eigenvalue weighted by molar-refractivity contribution is 5.61. The van der Waals surface area contributed by atoms with Crippen LogP contribution in [-0.2, 0) is 6.42 Å². The number of pyridine rings is 1. The molecule has 1 aliphatic heterocycles. The number of aryl methyl sites for hydroxylation is 1. The molecule has 0 radical (unpaired) electrons. The van der Waals surface area contributed by atoms with Crippen molar-refractivity contribution >= 4 is 11.8 Å². The Morgan fingerprint density at radius 1 is 1.10 bits per heavy atom. The number of aromatic nitrogens is 5. The Balaban J connectivity index is 1.46. The fourth-order valence-electron chi connectivity index (χ4n) is 3.39. The number of nitrogens with zero attached hydrogens (tertiary/aromatic N) is 5. The average Bonchev–Trinajstić information content (AvgIpc) is 3.21. The van der Waals surface area contributed by atoms with E-state index >= 15 is 0 Å².